The summed E-state index contributed by atoms with van der Waals surface area (Å²) >= 11 is 5.76. The van der Waals surface area contributed by atoms with Gasteiger partial charge in [0.25, 0.3) is 5.56 Å². The average molecular weight is 186 g/mol. The largest absolute Gasteiger partial charge is 0.309 e. The van der Waals surface area contributed by atoms with Gasteiger partial charge in [-0.2, -0.15) is 0 Å². The molecular weight excluding hydrogens is 174 g/mol. The van der Waals surface area contributed by atoms with Crippen LogP contribution in [0.2, 0.25) is 5.02 Å². The molecule has 0 radical (unpaired) electrons. The van der Waals surface area contributed by atoms with Crippen LogP contribution < -0.4 is 5.56 Å². The quantitative estimate of drug-likeness (QED) is 0.608. The third kappa shape index (κ3) is 1.89. The molecule has 66 valence electrons. The molecule has 1 heterocycles. The molecule has 3 heteroatoms. The van der Waals surface area contributed by atoms with Crippen LogP contribution in [0.4, 0.5) is 0 Å². The minimum absolute atomic E-state index is 0.0214. The maximum Gasteiger partial charge on any atom is 0.251 e. The molecule has 0 bridgehead atoms. The van der Waals surface area contributed by atoms with Gasteiger partial charge in [0.2, 0.25) is 0 Å². The van der Waals surface area contributed by atoms with Gasteiger partial charge in [-0.25, -0.2) is 0 Å². The summed E-state index contributed by atoms with van der Waals surface area (Å²) in [5, 5.41) is 0.588. The Morgan fingerprint density at radius 2 is 1.92 bits per heavy atom. The summed E-state index contributed by atoms with van der Waals surface area (Å²) in [6.45, 7) is 5.89. The number of halogens is 1. The van der Waals surface area contributed by atoms with Gasteiger partial charge in [-0.1, -0.05) is 11.6 Å². The smallest absolute Gasteiger partial charge is 0.251 e. The molecule has 0 unspecified atom stereocenters. The number of hydrogen-bond acceptors (Lipinski definition) is 1. The van der Waals surface area contributed by atoms with Crippen molar-refractivity contribution in [3.8, 4) is 0 Å². The highest BCUT2D eigenvalue weighted by molar-refractivity contribution is 6.30. The van der Waals surface area contributed by atoms with Crippen molar-refractivity contribution in [1.29, 1.82) is 0 Å². The van der Waals surface area contributed by atoms with E-state index in [-0.39, 0.29) is 11.1 Å². The molecule has 2 nitrogen and oxygen atoms in total. The Labute approximate surface area is 76.8 Å². The molecule has 0 aliphatic rings. The van der Waals surface area contributed by atoms with E-state index < -0.39 is 0 Å². The monoisotopic (exact) mass is 185 g/mol. The summed E-state index contributed by atoms with van der Waals surface area (Å²) in [5.74, 6) is 0. The van der Waals surface area contributed by atoms with Crippen molar-refractivity contribution < 1.29 is 0 Å². The number of pyridine rings is 1. The van der Waals surface area contributed by atoms with Crippen molar-refractivity contribution >= 4 is 11.6 Å². The molecule has 1 rings (SSSR count). The van der Waals surface area contributed by atoms with Gasteiger partial charge >= 0.3 is 0 Å². The highest BCUT2D eigenvalue weighted by Gasteiger charge is 2.13. The Hall–Kier alpha value is -0.760. The van der Waals surface area contributed by atoms with Gasteiger partial charge in [0, 0.05) is 17.8 Å². The first-order chi connectivity index (χ1) is 5.41. The van der Waals surface area contributed by atoms with Crippen molar-refractivity contribution in [2.75, 3.05) is 0 Å². The minimum Gasteiger partial charge on any atom is -0.309 e. The predicted octanol–water partition coefficient (Wildman–Crippen LogP) is 2.26. The standard InChI is InChI=1S/C9H12ClNO/c1-9(2,3)11-6-7(10)4-5-8(11)12/h4-6H,1-3H3. The maximum atomic E-state index is 11.3. The molecule has 0 saturated carbocycles. The lowest BCUT2D eigenvalue weighted by Gasteiger charge is -2.21. The second-order valence-corrected chi connectivity index (χ2v) is 4.16. The van der Waals surface area contributed by atoms with E-state index in [1.165, 1.54) is 6.07 Å². The van der Waals surface area contributed by atoms with Gasteiger partial charge in [-0.05, 0) is 26.8 Å². The Morgan fingerprint density at radius 3 is 2.33 bits per heavy atom. The summed E-state index contributed by atoms with van der Waals surface area (Å²) < 4.78 is 1.62. The van der Waals surface area contributed by atoms with Gasteiger partial charge < -0.3 is 4.57 Å². The molecule has 0 saturated heterocycles. The fourth-order valence-electron chi connectivity index (χ4n) is 0.985. The van der Waals surface area contributed by atoms with Crippen LogP contribution in [0, 0.1) is 0 Å². The van der Waals surface area contributed by atoms with Crippen molar-refractivity contribution in [1.82, 2.24) is 4.57 Å². The zero-order valence-corrected chi connectivity index (χ0v) is 8.22. The highest BCUT2D eigenvalue weighted by atomic mass is 35.5. The lowest BCUT2D eigenvalue weighted by atomic mass is 10.1. The van der Waals surface area contributed by atoms with Crippen molar-refractivity contribution in [2.24, 2.45) is 0 Å². The zero-order valence-electron chi connectivity index (χ0n) is 7.47. The first-order valence-electron chi connectivity index (χ1n) is 3.80. The molecule has 0 aromatic carbocycles. The Morgan fingerprint density at radius 1 is 1.33 bits per heavy atom. The molecule has 1 aromatic heterocycles. The van der Waals surface area contributed by atoms with E-state index in [4.69, 9.17) is 11.6 Å². The second-order valence-electron chi connectivity index (χ2n) is 3.73. The number of nitrogens with zero attached hydrogens (tertiary/aromatic N) is 1. The van der Waals surface area contributed by atoms with Crippen molar-refractivity contribution in [2.45, 2.75) is 26.3 Å². The van der Waals surface area contributed by atoms with E-state index in [2.05, 4.69) is 0 Å². The summed E-state index contributed by atoms with van der Waals surface area (Å²) in [6, 6.07) is 3.08. The van der Waals surface area contributed by atoms with Crippen molar-refractivity contribution in [3.63, 3.8) is 0 Å². The Kier molecular flexibility index (Phi) is 2.29. The van der Waals surface area contributed by atoms with Crippen LogP contribution in [-0.2, 0) is 5.54 Å². The molecule has 0 amide bonds. The lowest BCUT2D eigenvalue weighted by molar-refractivity contribution is 0.384. The van der Waals surface area contributed by atoms with Crippen LogP contribution in [-0.4, -0.2) is 4.57 Å². The van der Waals surface area contributed by atoms with Gasteiger partial charge in [0.1, 0.15) is 0 Å². The normalized spacial score (nSPS) is 11.7. The van der Waals surface area contributed by atoms with E-state index in [0.717, 1.165) is 0 Å². The highest BCUT2D eigenvalue weighted by Crippen LogP contribution is 2.13. The summed E-state index contributed by atoms with van der Waals surface area (Å²) in [6.07, 6.45) is 1.66. The molecule has 0 spiro atoms. The van der Waals surface area contributed by atoms with Crippen LogP contribution in [0.5, 0.6) is 0 Å². The van der Waals surface area contributed by atoms with Gasteiger partial charge in [0.15, 0.2) is 0 Å². The van der Waals surface area contributed by atoms with E-state index in [1.54, 1.807) is 16.8 Å². The molecule has 0 aliphatic carbocycles. The van der Waals surface area contributed by atoms with E-state index in [9.17, 15) is 4.79 Å². The van der Waals surface area contributed by atoms with Gasteiger partial charge in [0.05, 0.1) is 5.02 Å². The zero-order chi connectivity index (χ0) is 9.35. The fourth-order valence-corrected chi connectivity index (χ4v) is 1.15. The predicted molar refractivity (Wildman–Crippen MR) is 50.7 cm³/mol. The number of hydrogen-bond donors (Lipinski definition) is 0. The molecule has 0 atom stereocenters. The summed E-state index contributed by atoms with van der Waals surface area (Å²) in [5.41, 5.74) is -0.228. The molecule has 0 fully saturated rings. The lowest BCUT2D eigenvalue weighted by Crippen LogP contribution is -2.32. The second kappa shape index (κ2) is 2.94. The van der Waals surface area contributed by atoms with Gasteiger partial charge in [-0.15, -0.1) is 0 Å². The van der Waals surface area contributed by atoms with Crippen LogP contribution in [0.25, 0.3) is 0 Å². The number of aromatic nitrogens is 1. The Bertz CT molecular complexity index is 335. The first kappa shape index (κ1) is 9.33. The molecule has 0 aliphatic heterocycles. The van der Waals surface area contributed by atoms with Crippen LogP contribution in [0.15, 0.2) is 23.1 Å². The van der Waals surface area contributed by atoms with Crippen LogP contribution in [0.3, 0.4) is 0 Å². The molecule has 12 heavy (non-hydrogen) atoms. The van der Waals surface area contributed by atoms with Crippen LogP contribution >= 0.6 is 11.6 Å². The van der Waals surface area contributed by atoms with E-state index in [1.807, 2.05) is 20.8 Å². The fraction of sp³-hybridized carbons (Fsp3) is 0.444. The van der Waals surface area contributed by atoms with Gasteiger partial charge in [-0.3, -0.25) is 4.79 Å². The maximum absolute atomic E-state index is 11.3. The molecule has 0 N–H and O–H groups in total. The van der Waals surface area contributed by atoms with E-state index in [0.29, 0.717) is 5.02 Å². The minimum atomic E-state index is -0.206. The van der Waals surface area contributed by atoms with Crippen LogP contribution in [0.1, 0.15) is 20.8 Å². The van der Waals surface area contributed by atoms with Crippen molar-refractivity contribution in [3.05, 3.63) is 33.7 Å². The number of rotatable bonds is 0. The third-order valence-corrected chi connectivity index (χ3v) is 1.82. The third-order valence-electron chi connectivity index (χ3n) is 1.60. The SMILES string of the molecule is CC(C)(C)n1cc(Cl)ccc1=O. The topological polar surface area (TPSA) is 22.0 Å². The average Bonchev–Trinajstić information content (AvgIpc) is 1.92. The Balaban J connectivity index is 3.33. The summed E-state index contributed by atoms with van der Waals surface area (Å²) in [4.78, 5) is 11.3. The first-order valence-corrected chi connectivity index (χ1v) is 4.18. The van der Waals surface area contributed by atoms with E-state index >= 15 is 0 Å². The summed E-state index contributed by atoms with van der Waals surface area (Å²) in [7, 11) is 0. The molecular formula is C9H12ClNO. The molecule has 1 aromatic rings.